The monoisotopic (exact) mass is 367 g/mol. The molecular weight excluding hydrogens is 346 g/mol. The molecular formula is C20H21N3O2S. The third kappa shape index (κ3) is 2.91. The number of nitriles is 1. The van der Waals surface area contributed by atoms with Gasteiger partial charge in [-0.25, -0.2) is 8.42 Å². The van der Waals surface area contributed by atoms with Crippen LogP contribution in [0.4, 0.5) is 0 Å². The van der Waals surface area contributed by atoms with Gasteiger partial charge in [-0.2, -0.15) is 9.57 Å². The SMILES string of the molecule is Cc1ncc(S(=O)(=O)N(C2CC2)C2CCCc3ccccc32)cc1C#N. The zero-order valence-electron chi connectivity index (χ0n) is 14.7. The van der Waals surface area contributed by atoms with Gasteiger partial charge in [0.15, 0.2) is 0 Å². The van der Waals surface area contributed by atoms with E-state index < -0.39 is 10.0 Å². The second-order valence-corrected chi connectivity index (χ2v) is 8.93. The molecule has 1 aromatic carbocycles. The molecule has 1 atom stereocenters. The van der Waals surface area contributed by atoms with Crippen molar-refractivity contribution in [2.45, 2.75) is 56.0 Å². The maximum absolute atomic E-state index is 13.5. The predicted molar refractivity (Wildman–Crippen MR) is 97.9 cm³/mol. The molecule has 1 aromatic heterocycles. The van der Waals surface area contributed by atoms with Crippen molar-refractivity contribution in [3.63, 3.8) is 0 Å². The molecule has 134 valence electrons. The van der Waals surface area contributed by atoms with Crippen molar-refractivity contribution in [3.8, 4) is 6.07 Å². The summed E-state index contributed by atoms with van der Waals surface area (Å²) in [7, 11) is -3.71. The first kappa shape index (κ1) is 17.2. The van der Waals surface area contributed by atoms with E-state index in [0.29, 0.717) is 11.3 Å². The van der Waals surface area contributed by atoms with Crippen LogP contribution in [0.2, 0.25) is 0 Å². The van der Waals surface area contributed by atoms with Crippen LogP contribution < -0.4 is 0 Å². The number of aryl methyl sites for hydroxylation is 2. The van der Waals surface area contributed by atoms with Gasteiger partial charge in [-0.1, -0.05) is 24.3 Å². The topological polar surface area (TPSA) is 74.1 Å². The van der Waals surface area contributed by atoms with E-state index in [-0.39, 0.29) is 17.0 Å². The number of aromatic nitrogens is 1. The highest BCUT2D eigenvalue weighted by molar-refractivity contribution is 7.89. The summed E-state index contributed by atoms with van der Waals surface area (Å²) in [6.45, 7) is 1.71. The largest absolute Gasteiger partial charge is 0.259 e. The van der Waals surface area contributed by atoms with Crippen molar-refractivity contribution >= 4 is 10.0 Å². The molecule has 26 heavy (non-hydrogen) atoms. The zero-order valence-corrected chi connectivity index (χ0v) is 15.5. The number of hydrogen-bond donors (Lipinski definition) is 0. The average molecular weight is 367 g/mol. The van der Waals surface area contributed by atoms with Gasteiger partial charge in [0.05, 0.1) is 17.3 Å². The van der Waals surface area contributed by atoms with Crippen molar-refractivity contribution in [2.75, 3.05) is 0 Å². The maximum atomic E-state index is 13.5. The second-order valence-electron chi connectivity index (χ2n) is 7.09. The molecule has 0 aliphatic heterocycles. The third-order valence-corrected chi connectivity index (χ3v) is 7.24. The highest BCUT2D eigenvalue weighted by Crippen LogP contribution is 2.44. The van der Waals surface area contributed by atoms with Gasteiger partial charge in [0.25, 0.3) is 0 Å². The summed E-state index contributed by atoms with van der Waals surface area (Å²) in [5.74, 6) is 0. The highest BCUT2D eigenvalue weighted by atomic mass is 32.2. The highest BCUT2D eigenvalue weighted by Gasteiger charge is 2.44. The number of rotatable bonds is 4. The van der Waals surface area contributed by atoms with E-state index in [1.165, 1.54) is 17.8 Å². The fraction of sp³-hybridized carbons (Fsp3) is 0.400. The Hall–Kier alpha value is -2.23. The van der Waals surface area contributed by atoms with Crippen LogP contribution in [0.15, 0.2) is 41.4 Å². The van der Waals surface area contributed by atoms with Gasteiger partial charge < -0.3 is 0 Å². The zero-order chi connectivity index (χ0) is 18.3. The molecule has 1 fully saturated rings. The molecule has 0 spiro atoms. The Morgan fingerprint density at radius 2 is 2.00 bits per heavy atom. The molecule has 0 amide bonds. The lowest BCUT2D eigenvalue weighted by Gasteiger charge is -2.35. The van der Waals surface area contributed by atoms with Crippen LogP contribution in [0.5, 0.6) is 0 Å². The van der Waals surface area contributed by atoms with Gasteiger partial charge in [-0.3, -0.25) is 4.98 Å². The standard InChI is InChI=1S/C20H21N3O2S/c1-14-16(12-21)11-18(13-22-14)26(24,25)23(17-9-10-17)20-8-4-6-15-5-2-3-7-19(15)20/h2-3,5,7,11,13,17,20H,4,6,8-10H2,1H3. The van der Waals surface area contributed by atoms with Crippen molar-refractivity contribution in [1.82, 2.24) is 9.29 Å². The number of pyridine rings is 1. The molecule has 2 aliphatic rings. The molecule has 0 bridgehead atoms. The minimum absolute atomic E-state index is 0.0444. The van der Waals surface area contributed by atoms with E-state index in [1.54, 1.807) is 11.2 Å². The van der Waals surface area contributed by atoms with E-state index in [4.69, 9.17) is 0 Å². The Kier molecular flexibility index (Phi) is 4.29. The lowest BCUT2D eigenvalue weighted by molar-refractivity contribution is 0.286. The Morgan fingerprint density at radius 1 is 1.23 bits per heavy atom. The first-order valence-electron chi connectivity index (χ1n) is 9.00. The van der Waals surface area contributed by atoms with Crippen LogP contribution in [-0.4, -0.2) is 23.7 Å². The first-order valence-corrected chi connectivity index (χ1v) is 10.4. The molecule has 0 saturated heterocycles. The van der Waals surface area contributed by atoms with Crippen molar-refractivity contribution < 1.29 is 8.42 Å². The number of fused-ring (bicyclic) bond motifs is 1. The summed E-state index contributed by atoms with van der Waals surface area (Å²) in [6.07, 6.45) is 5.98. The predicted octanol–water partition coefficient (Wildman–Crippen LogP) is 3.49. The van der Waals surface area contributed by atoms with E-state index >= 15 is 0 Å². The lowest BCUT2D eigenvalue weighted by atomic mass is 9.87. The van der Waals surface area contributed by atoms with Gasteiger partial charge in [-0.05, 0) is 56.2 Å². The maximum Gasteiger partial charge on any atom is 0.245 e. The summed E-state index contributed by atoms with van der Waals surface area (Å²) < 4.78 is 28.7. The molecule has 1 unspecified atom stereocenters. The molecule has 0 N–H and O–H groups in total. The molecule has 6 heteroatoms. The molecule has 0 radical (unpaired) electrons. The van der Waals surface area contributed by atoms with Crippen LogP contribution in [0.3, 0.4) is 0 Å². The van der Waals surface area contributed by atoms with Crippen LogP contribution >= 0.6 is 0 Å². The third-order valence-electron chi connectivity index (χ3n) is 5.31. The van der Waals surface area contributed by atoms with Gasteiger partial charge in [0, 0.05) is 12.2 Å². The van der Waals surface area contributed by atoms with Crippen molar-refractivity contribution in [1.29, 1.82) is 5.26 Å². The van der Waals surface area contributed by atoms with E-state index in [1.807, 2.05) is 18.2 Å². The summed E-state index contributed by atoms with van der Waals surface area (Å²) in [5, 5.41) is 9.25. The summed E-state index contributed by atoms with van der Waals surface area (Å²) >= 11 is 0. The molecule has 2 aliphatic carbocycles. The second kappa shape index (κ2) is 6.49. The Labute approximate surface area is 154 Å². The fourth-order valence-corrected chi connectivity index (χ4v) is 5.68. The van der Waals surface area contributed by atoms with Gasteiger partial charge in [0.1, 0.15) is 11.0 Å². The molecule has 5 nitrogen and oxygen atoms in total. The molecule has 4 rings (SSSR count). The van der Waals surface area contributed by atoms with Gasteiger partial charge >= 0.3 is 0 Å². The smallest absolute Gasteiger partial charge is 0.245 e. The Bertz CT molecular complexity index is 990. The van der Waals surface area contributed by atoms with Crippen LogP contribution in [0.1, 0.15) is 54.1 Å². The number of benzene rings is 1. The molecule has 2 aromatic rings. The van der Waals surface area contributed by atoms with E-state index in [9.17, 15) is 13.7 Å². The van der Waals surface area contributed by atoms with Gasteiger partial charge in [-0.15, -0.1) is 0 Å². The van der Waals surface area contributed by atoms with E-state index in [0.717, 1.165) is 37.7 Å². The first-order chi connectivity index (χ1) is 12.5. The summed E-state index contributed by atoms with van der Waals surface area (Å²) in [5.41, 5.74) is 3.22. The fourth-order valence-electron chi connectivity index (χ4n) is 3.83. The minimum atomic E-state index is -3.71. The van der Waals surface area contributed by atoms with Crippen LogP contribution in [-0.2, 0) is 16.4 Å². The van der Waals surface area contributed by atoms with Crippen molar-refractivity contribution in [2.24, 2.45) is 0 Å². The number of hydrogen-bond acceptors (Lipinski definition) is 4. The molecule has 1 heterocycles. The minimum Gasteiger partial charge on any atom is -0.259 e. The van der Waals surface area contributed by atoms with E-state index in [2.05, 4.69) is 17.1 Å². The quantitative estimate of drug-likeness (QED) is 0.829. The van der Waals surface area contributed by atoms with Crippen molar-refractivity contribution in [3.05, 3.63) is 58.9 Å². The average Bonchev–Trinajstić information content (AvgIpc) is 3.47. The number of sulfonamides is 1. The normalized spacial score (nSPS) is 19.8. The Morgan fingerprint density at radius 3 is 2.73 bits per heavy atom. The van der Waals surface area contributed by atoms with Crippen LogP contribution in [0.25, 0.3) is 0 Å². The molecule has 1 saturated carbocycles. The van der Waals surface area contributed by atoms with Crippen LogP contribution in [0, 0.1) is 18.3 Å². The lowest BCUT2D eigenvalue weighted by Crippen LogP contribution is -2.38. The Balaban J connectivity index is 1.80. The number of nitrogens with zero attached hydrogens (tertiary/aromatic N) is 3. The summed E-state index contributed by atoms with van der Waals surface area (Å²) in [4.78, 5) is 4.26. The van der Waals surface area contributed by atoms with Gasteiger partial charge in [0.2, 0.25) is 10.0 Å². The summed E-state index contributed by atoms with van der Waals surface area (Å²) in [6, 6.07) is 11.6.